The number of carbonyl (C=O) groups is 1. The highest BCUT2D eigenvalue weighted by Gasteiger charge is 2.43. The monoisotopic (exact) mass is 273 g/mol. The average molecular weight is 273 g/mol. The number of fused-ring (bicyclic) bond motifs is 1. The summed E-state index contributed by atoms with van der Waals surface area (Å²) in [5.41, 5.74) is 9.00. The second kappa shape index (κ2) is 4.80. The van der Waals surface area contributed by atoms with Gasteiger partial charge in [-0.2, -0.15) is 0 Å². The van der Waals surface area contributed by atoms with Crippen molar-refractivity contribution >= 4 is 5.91 Å². The van der Waals surface area contributed by atoms with Gasteiger partial charge in [-0.05, 0) is 57.1 Å². The van der Waals surface area contributed by atoms with E-state index in [9.17, 15) is 4.79 Å². The summed E-state index contributed by atoms with van der Waals surface area (Å²) >= 11 is 0. The summed E-state index contributed by atoms with van der Waals surface area (Å²) < 4.78 is 6.43. The quantitative estimate of drug-likeness (QED) is 0.898. The molecular formula is C17H23NO2. The van der Waals surface area contributed by atoms with Gasteiger partial charge in [0.25, 0.3) is 0 Å². The van der Waals surface area contributed by atoms with Crippen molar-refractivity contribution in [3.05, 3.63) is 28.8 Å². The highest BCUT2D eigenvalue weighted by molar-refractivity contribution is 5.75. The Hall–Kier alpha value is -1.51. The van der Waals surface area contributed by atoms with Crippen LogP contribution in [0.3, 0.4) is 0 Å². The number of primary amides is 1. The van der Waals surface area contributed by atoms with E-state index in [1.54, 1.807) is 0 Å². The fraction of sp³-hybridized carbons (Fsp3) is 0.588. The Morgan fingerprint density at radius 3 is 2.70 bits per heavy atom. The van der Waals surface area contributed by atoms with Crippen LogP contribution in [0.25, 0.3) is 0 Å². The van der Waals surface area contributed by atoms with Crippen molar-refractivity contribution in [1.29, 1.82) is 0 Å². The number of ether oxygens (including phenoxy) is 1. The maximum Gasteiger partial charge on any atom is 0.218 e. The van der Waals surface area contributed by atoms with E-state index in [0.717, 1.165) is 25.0 Å². The molecule has 1 aliphatic carbocycles. The molecule has 108 valence electrons. The van der Waals surface area contributed by atoms with E-state index in [0.29, 0.717) is 6.42 Å². The van der Waals surface area contributed by atoms with Crippen LogP contribution in [0, 0.1) is 13.8 Å². The van der Waals surface area contributed by atoms with E-state index in [1.165, 1.54) is 29.5 Å². The molecule has 1 atom stereocenters. The molecule has 2 aliphatic rings. The molecule has 1 fully saturated rings. The summed E-state index contributed by atoms with van der Waals surface area (Å²) in [6, 6.07) is 4.33. The zero-order valence-electron chi connectivity index (χ0n) is 12.4. The SMILES string of the molecule is Cc1cc(C)c2c(c1)C(CC(N)=O)CC1(CCCC1)O2. The van der Waals surface area contributed by atoms with E-state index in [4.69, 9.17) is 10.5 Å². The molecule has 0 bridgehead atoms. The maximum absolute atomic E-state index is 11.4. The number of rotatable bonds is 2. The largest absolute Gasteiger partial charge is 0.487 e. The van der Waals surface area contributed by atoms with Crippen molar-refractivity contribution < 1.29 is 9.53 Å². The standard InChI is InChI=1S/C17H23NO2/c1-11-7-12(2)16-14(8-11)13(9-15(18)19)10-17(20-16)5-3-4-6-17/h7-8,13H,3-6,9-10H2,1-2H3,(H2,18,19). The molecule has 3 heteroatoms. The van der Waals surface area contributed by atoms with Gasteiger partial charge in [-0.3, -0.25) is 4.79 Å². The van der Waals surface area contributed by atoms with Crippen LogP contribution in [0.4, 0.5) is 0 Å². The number of amides is 1. The molecule has 0 aromatic heterocycles. The van der Waals surface area contributed by atoms with Gasteiger partial charge in [-0.15, -0.1) is 0 Å². The van der Waals surface area contributed by atoms with E-state index in [2.05, 4.69) is 26.0 Å². The second-order valence-electron chi connectivity index (χ2n) is 6.56. The van der Waals surface area contributed by atoms with Crippen LogP contribution >= 0.6 is 0 Å². The molecule has 3 rings (SSSR count). The first kappa shape index (κ1) is 13.5. The molecule has 1 heterocycles. The summed E-state index contributed by atoms with van der Waals surface area (Å²) in [6.45, 7) is 4.19. The van der Waals surface area contributed by atoms with Crippen molar-refractivity contribution in [1.82, 2.24) is 0 Å². The van der Waals surface area contributed by atoms with Crippen LogP contribution in [0.1, 0.15) is 61.1 Å². The topological polar surface area (TPSA) is 52.3 Å². The van der Waals surface area contributed by atoms with Gasteiger partial charge in [0, 0.05) is 12.3 Å². The first-order valence-corrected chi connectivity index (χ1v) is 7.58. The maximum atomic E-state index is 11.4. The van der Waals surface area contributed by atoms with Crippen molar-refractivity contribution in [2.45, 2.75) is 63.9 Å². The van der Waals surface area contributed by atoms with E-state index in [-0.39, 0.29) is 17.4 Å². The van der Waals surface area contributed by atoms with Crippen molar-refractivity contribution in [2.24, 2.45) is 5.73 Å². The highest BCUT2D eigenvalue weighted by atomic mass is 16.5. The van der Waals surface area contributed by atoms with E-state index < -0.39 is 0 Å². The Kier molecular flexibility index (Phi) is 3.23. The Morgan fingerprint density at radius 2 is 2.05 bits per heavy atom. The molecule has 1 unspecified atom stereocenters. The van der Waals surface area contributed by atoms with Crippen molar-refractivity contribution in [3.8, 4) is 5.75 Å². The van der Waals surface area contributed by atoms with Crippen LogP contribution < -0.4 is 10.5 Å². The molecule has 1 aromatic carbocycles. The molecule has 1 amide bonds. The number of nitrogens with two attached hydrogens (primary N) is 1. The minimum Gasteiger partial charge on any atom is -0.487 e. The molecular weight excluding hydrogens is 250 g/mol. The third-order valence-corrected chi connectivity index (χ3v) is 4.79. The van der Waals surface area contributed by atoms with Crippen LogP contribution in [-0.2, 0) is 4.79 Å². The predicted molar refractivity (Wildman–Crippen MR) is 78.9 cm³/mol. The van der Waals surface area contributed by atoms with Crippen LogP contribution in [0.5, 0.6) is 5.75 Å². The van der Waals surface area contributed by atoms with Crippen molar-refractivity contribution in [3.63, 3.8) is 0 Å². The molecule has 20 heavy (non-hydrogen) atoms. The van der Waals surface area contributed by atoms with Crippen molar-refractivity contribution in [2.75, 3.05) is 0 Å². The second-order valence-corrected chi connectivity index (χ2v) is 6.56. The normalized spacial score (nSPS) is 23.4. The molecule has 3 nitrogen and oxygen atoms in total. The van der Waals surface area contributed by atoms with Gasteiger partial charge in [0.15, 0.2) is 0 Å². The molecule has 2 N–H and O–H groups in total. The summed E-state index contributed by atoms with van der Waals surface area (Å²) in [5, 5.41) is 0. The molecule has 0 radical (unpaired) electrons. The van der Waals surface area contributed by atoms with Gasteiger partial charge in [0.05, 0.1) is 0 Å². The van der Waals surface area contributed by atoms with Gasteiger partial charge < -0.3 is 10.5 Å². The Labute approximate surface area is 120 Å². The van der Waals surface area contributed by atoms with Gasteiger partial charge in [0.2, 0.25) is 5.91 Å². The number of aryl methyl sites for hydroxylation is 2. The number of carbonyl (C=O) groups excluding carboxylic acids is 1. The minimum atomic E-state index is -0.213. The predicted octanol–water partition coefficient (Wildman–Crippen LogP) is 3.36. The first-order chi connectivity index (χ1) is 9.49. The Morgan fingerprint density at radius 1 is 1.35 bits per heavy atom. The molecule has 1 aromatic rings. The first-order valence-electron chi connectivity index (χ1n) is 7.58. The zero-order valence-corrected chi connectivity index (χ0v) is 12.4. The van der Waals surface area contributed by atoms with E-state index >= 15 is 0 Å². The van der Waals surface area contributed by atoms with Gasteiger partial charge >= 0.3 is 0 Å². The molecule has 1 aliphatic heterocycles. The summed E-state index contributed by atoms with van der Waals surface area (Å²) in [7, 11) is 0. The fourth-order valence-corrected chi connectivity index (χ4v) is 4.00. The Bertz CT molecular complexity index is 544. The van der Waals surface area contributed by atoms with E-state index in [1.807, 2.05) is 0 Å². The lowest BCUT2D eigenvalue weighted by molar-refractivity contribution is -0.118. The number of hydrogen-bond donors (Lipinski definition) is 1. The molecule has 1 spiro atoms. The zero-order chi connectivity index (χ0) is 14.3. The average Bonchev–Trinajstić information content (AvgIpc) is 2.78. The smallest absolute Gasteiger partial charge is 0.218 e. The third kappa shape index (κ3) is 2.30. The molecule has 0 saturated heterocycles. The summed E-state index contributed by atoms with van der Waals surface area (Å²) in [5.74, 6) is 1.01. The summed E-state index contributed by atoms with van der Waals surface area (Å²) in [4.78, 5) is 11.4. The van der Waals surface area contributed by atoms with Gasteiger partial charge in [0.1, 0.15) is 11.4 Å². The lowest BCUT2D eigenvalue weighted by Gasteiger charge is -2.40. The third-order valence-electron chi connectivity index (χ3n) is 4.79. The number of hydrogen-bond acceptors (Lipinski definition) is 2. The van der Waals surface area contributed by atoms with Crippen LogP contribution in [0.2, 0.25) is 0 Å². The van der Waals surface area contributed by atoms with Gasteiger partial charge in [-0.25, -0.2) is 0 Å². The highest BCUT2D eigenvalue weighted by Crippen LogP contribution is 2.50. The lowest BCUT2D eigenvalue weighted by atomic mass is 9.78. The minimum absolute atomic E-state index is 0.0485. The Balaban J connectivity index is 2.04. The molecule has 1 saturated carbocycles. The van der Waals surface area contributed by atoms with Crippen LogP contribution in [-0.4, -0.2) is 11.5 Å². The fourth-order valence-electron chi connectivity index (χ4n) is 4.00. The van der Waals surface area contributed by atoms with Crippen LogP contribution in [0.15, 0.2) is 12.1 Å². The number of benzene rings is 1. The lowest BCUT2D eigenvalue weighted by Crippen LogP contribution is -2.39. The van der Waals surface area contributed by atoms with Gasteiger partial charge in [-0.1, -0.05) is 17.7 Å². The summed E-state index contributed by atoms with van der Waals surface area (Å²) in [6.07, 6.45) is 6.03.